The van der Waals surface area contributed by atoms with Crippen LogP contribution >= 0.6 is 0 Å². The number of carbonyl (C=O) groups is 2. The van der Waals surface area contributed by atoms with Gasteiger partial charge >= 0.3 is 0 Å². The first kappa shape index (κ1) is 24.4. The molecule has 0 aliphatic carbocycles. The molecule has 4 aromatic rings. The highest BCUT2D eigenvalue weighted by Crippen LogP contribution is 2.38. The molecule has 0 bridgehead atoms. The van der Waals surface area contributed by atoms with Crippen LogP contribution in [0.2, 0.25) is 0 Å². The van der Waals surface area contributed by atoms with Crippen LogP contribution in [-0.2, 0) is 17.8 Å². The predicted octanol–water partition coefficient (Wildman–Crippen LogP) is 5.46. The van der Waals surface area contributed by atoms with Gasteiger partial charge in [-0.2, -0.15) is 0 Å². The van der Waals surface area contributed by atoms with Gasteiger partial charge in [-0.3, -0.25) is 9.59 Å². The van der Waals surface area contributed by atoms with E-state index >= 15 is 0 Å². The second-order valence-corrected chi connectivity index (χ2v) is 9.37. The number of nitrogens with one attached hydrogen (secondary N) is 1. The van der Waals surface area contributed by atoms with Crippen molar-refractivity contribution < 1.29 is 18.7 Å². The molecule has 2 atom stereocenters. The molecule has 1 N–H and O–H groups in total. The smallest absolute Gasteiger partial charge is 0.290 e. The lowest BCUT2D eigenvalue weighted by Crippen LogP contribution is -2.40. The summed E-state index contributed by atoms with van der Waals surface area (Å²) < 4.78 is 11.5. The van der Waals surface area contributed by atoms with Gasteiger partial charge < -0.3 is 19.4 Å². The van der Waals surface area contributed by atoms with Gasteiger partial charge in [-0.25, -0.2) is 0 Å². The molecule has 0 radical (unpaired) electrons. The van der Waals surface area contributed by atoms with Gasteiger partial charge in [-0.15, -0.1) is 0 Å². The Hall–Kier alpha value is -4.32. The van der Waals surface area contributed by atoms with Gasteiger partial charge in [0.15, 0.2) is 11.9 Å². The van der Waals surface area contributed by atoms with Crippen LogP contribution in [0.15, 0.2) is 95.6 Å². The molecule has 1 aromatic heterocycles. The van der Waals surface area contributed by atoms with E-state index in [0.29, 0.717) is 24.6 Å². The van der Waals surface area contributed by atoms with Crippen molar-refractivity contribution in [1.82, 2.24) is 10.2 Å². The maximum atomic E-state index is 13.4. The normalized spacial score (nSPS) is 15.5. The van der Waals surface area contributed by atoms with Gasteiger partial charge in [0.2, 0.25) is 0 Å². The van der Waals surface area contributed by atoms with E-state index in [1.54, 1.807) is 19.1 Å². The van der Waals surface area contributed by atoms with Crippen LogP contribution in [0.1, 0.15) is 51.3 Å². The number of hydrogen-bond acceptors (Lipinski definition) is 4. The summed E-state index contributed by atoms with van der Waals surface area (Å²) in [5.74, 6) is 0.567. The highest BCUT2D eigenvalue weighted by molar-refractivity contribution is 5.92. The van der Waals surface area contributed by atoms with Crippen LogP contribution in [0.4, 0.5) is 0 Å². The van der Waals surface area contributed by atoms with Gasteiger partial charge in [0.05, 0.1) is 12.3 Å². The standard InChI is InChI=1S/C31H30N2O4/c1-21-8-6-11-25(18-21)29-27-19-26(37-22(2)30(34)32-20-23-9-4-3-5-10-23)14-13-24(27)15-16-33(29)31(35)28-12-7-17-36-28/h3-14,17-19,22,29H,15-16,20H2,1-2H3,(H,32,34)/t22-,29-/m0/s1. The van der Waals surface area contributed by atoms with Crippen LogP contribution < -0.4 is 10.1 Å². The monoisotopic (exact) mass is 494 g/mol. The van der Waals surface area contributed by atoms with Gasteiger partial charge in [-0.05, 0) is 66.8 Å². The fraction of sp³-hybridized carbons (Fsp3) is 0.226. The first-order valence-electron chi connectivity index (χ1n) is 12.5. The molecular formula is C31H30N2O4. The highest BCUT2D eigenvalue weighted by atomic mass is 16.5. The molecule has 3 aromatic carbocycles. The summed E-state index contributed by atoms with van der Waals surface area (Å²) in [6.45, 7) is 4.80. The molecule has 5 rings (SSSR count). The Labute approximate surface area is 216 Å². The number of benzene rings is 3. The second kappa shape index (κ2) is 10.7. The van der Waals surface area contributed by atoms with E-state index in [9.17, 15) is 9.59 Å². The molecular weight excluding hydrogens is 464 g/mol. The maximum absolute atomic E-state index is 13.4. The van der Waals surface area contributed by atoms with Crippen LogP contribution in [0.5, 0.6) is 5.75 Å². The van der Waals surface area contributed by atoms with Crippen molar-refractivity contribution in [3.63, 3.8) is 0 Å². The molecule has 2 amide bonds. The summed E-state index contributed by atoms with van der Waals surface area (Å²) in [7, 11) is 0. The fourth-order valence-corrected chi connectivity index (χ4v) is 4.81. The van der Waals surface area contributed by atoms with Crippen molar-refractivity contribution in [2.24, 2.45) is 0 Å². The Morgan fingerprint density at radius 2 is 1.86 bits per heavy atom. The number of rotatable bonds is 7. The summed E-state index contributed by atoms with van der Waals surface area (Å²) in [6, 6.07) is 27.0. The largest absolute Gasteiger partial charge is 0.481 e. The summed E-state index contributed by atoms with van der Waals surface area (Å²) in [4.78, 5) is 28.0. The van der Waals surface area contributed by atoms with Crippen LogP contribution in [0.25, 0.3) is 0 Å². The number of carbonyl (C=O) groups excluding carboxylic acids is 2. The predicted molar refractivity (Wildman–Crippen MR) is 141 cm³/mol. The van der Waals surface area contributed by atoms with Gasteiger partial charge in [0, 0.05) is 13.1 Å². The Bertz CT molecular complexity index is 1380. The van der Waals surface area contributed by atoms with Crippen molar-refractivity contribution in [2.75, 3.05) is 6.54 Å². The van der Waals surface area contributed by atoms with E-state index in [2.05, 4.69) is 11.4 Å². The Balaban J connectivity index is 1.40. The molecule has 1 aliphatic heterocycles. The second-order valence-electron chi connectivity index (χ2n) is 9.37. The Kier molecular flexibility index (Phi) is 7.08. The number of amides is 2. The van der Waals surface area contributed by atoms with E-state index in [1.807, 2.05) is 78.6 Å². The molecule has 2 heterocycles. The molecule has 6 heteroatoms. The lowest BCUT2D eigenvalue weighted by molar-refractivity contribution is -0.127. The Morgan fingerprint density at radius 1 is 1.03 bits per heavy atom. The van der Waals surface area contributed by atoms with Crippen LogP contribution in [0.3, 0.4) is 0 Å². The molecule has 6 nitrogen and oxygen atoms in total. The molecule has 0 saturated heterocycles. The fourth-order valence-electron chi connectivity index (χ4n) is 4.81. The van der Waals surface area contributed by atoms with Crippen molar-refractivity contribution in [2.45, 2.75) is 39.0 Å². The third-order valence-electron chi connectivity index (χ3n) is 6.69. The van der Waals surface area contributed by atoms with E-state index in [-0.39, 0.29) is 17.9 Å². The van der Waals surface area contributed by atoms with Crippen LogP contribution in [-0.4, -0.2) is 29.4 Å². The highest BCUT2D eigenvalue weighted by Gasteiger charge is 2.34. The molecule has 0 unspecified atom stereocenters. The van der Waals surface area contributed by atoms with E-state index < -0.39 is 6.10 Å². The van der Waals surface area contributed by atoms with Crippen LogP contribution in [0, 0.1) is 6.92 Å². The first-order chi connectivity index (χ1) is 18.0. The van der Waals surface area contributed by atoms with Crippen molar-refractivity contribution in [1.29, 1.82) is 0 Å². The quantitative estimate of drug-likeness (QED) is 0.370. The van der Waals surface area contributed by atoms with Crippen molar-refractivity contribution >= 4 is 11.8 Å². The van der Waals surface area contributed by atoms with Crippen molar-refractivity contribution in [3.8, 4) is 5.75 Å². The lowest BCUT2D eigenvalue weighted by atomic mass is 9.87. The number of aryl methyl sites for hydroxylation is 1. The zero-order valence-corrected chi connectivity index (χ0v) is 21.0. The summed E-state index contributed by atoms with van der Waals surface area (Å²) in [5, 5.41) is 2.93. The minimum atomic E-state index is -0.677. The van der Waals surface area contributed by atoms with E-state index in [0.717, 1.165) is 34.2 Å². The first-order valence-corrected chi connectivity index (χ1v) is 12.5. The topological polar surface area (TPSA) is 71.8 Å². The molecule has 0 spiro atoms. The molecule has 0 fully saturated rings. The zero-order chi connectivity index (χ0) is 25.8. The van der Waals surface area contributed by atoms with Gasteiger partial charge in [0.1, 0.15) is 5.75 Å². The van der Waals surface area contributed by atoms with Gasteiger partial charge in [0.25, 0.3) is 11.8 Å². The van der Waals surface area contributed by atoms with Gasteiger partial charge in [-0.1, -0.05) is 66.2 Å². The number of fused-ring (bicyclic) bond motifs is 1. The molecule has 1 aliphatic rings. The molecule has 188 valence electrons. The Morgan fingerprint density at radius 3 is 2.62 bits per heavy atom. The summed E-state index contributed by atoms with van der Waals surface area (Å²) in [5.41, 5.74) is 5.31. The number of hydrogen-bond donors (Lipinski definition) is 1. The average molecular weight is 495 g/mol. The third kappa shape index (κ3) is 5.43. The molecule has 0 saturated carbocycles. The zero-order valence-electron chi connectivity index (χ0n) is 21.0. The van der Waals surface area contributed by atoms with Crippen molar-refractivity contribution in [3.05, 3.63) is 125 Å². The SMILES string of the molecule is Cc1cccc([C@H]2c3cc(O[C@@H](C)C(=O)NCc4ccccc4)ccc3CCN2C(=O)c2ccco2)c1. The minimum absolute atomic E-state index is 0.151. The minimum Gasteiger partial charge on any atom is -0.481 e. The number of furan rings is 1. The summed E-state index contributed by atoms with van der Waals surface area (Å²) >= 11 is 0. The lowest BCUT2D eigenvalue weighted by Gasteiger charge is -2.37. The summed E-state index contributed by atoms with van der Waals surface area (Å²) in [6.07, 6.45) is 1.56. The maximum Gasteiger partial charge on any atom is 0.290 e. The number of nitrogens with zero attached hydrogens (tertiary/aromatic N) is 1. The van der Waals surface area contributed by atoms with E-state index in [4.69, 9.17) is 9.15 Å². The number of ether oxygens (including phenoxy) is 1. The van der Waals surface area contributed by atoms with E-state index in [1.165, 1.54) is 6.26 Å². The third-order valence-corrected chi connectivity index (χ3v) is 6.69. The molecule has 37 heavy (non-hydrogen) atoms. The average Bonchev–Trinajstić information content (AvgIpc) is 3.46.